The predicted molar refractivity (Wildman–Crippen MR) is 106 cm³/mol. The van der Waals surface area contributed by atoms with Crippen molar-refractivity contribution in [3.05, 3.63) is 42.0 Å². The minimum Gasteiger partial charge on any atom is -0.494 e. The number of rotatable bonds is 4. The highest BCUT2D eigenvalue weighted by Gasteiger charge is 2.16. The number of ether oxygens (including phenoxy) is 1. The fourth-order valence-corrected chi connectivity index (χ4v) is 3.67. The van der Waals surface area contributed by atoms with Crippen molar-refractivity contribution in [2.75, 3.05) is 12.4 Å². The molecule has 136 valence electrons. The molecule has 27 heavy (non-hydrogen) atoms. The second-order valence-electron chi connectivity index (χ2n) is 5.98. The molecule has 0 saturated heterocycles. The maximum Gasteiger partial charge on any atom is 0.221 e. The largest absolute Gasteiger partial charge is 0.494 e. The number of carbonyl (C=O) groups excluding carboxylic acids is 1. The Morgan fingerprint density at radius 2 is 2.11 bits per heavy atom. The number of anilines is 1. The lowest BCUT2D eigenvalue weighted by Crippen LogP contribution is -2.07. The number of nitrogens with zero attached hydrogens (tertiary/aromatic N) is 4. The van der Waals surface area contributed by atoms with Crippen LogP contribution < -0.4 is 10.1 Å². The Morgan fingerprint density at radius 3 is 2.74 bits per heavy atom. The van der Waals surface area contributed by atoms with E-state index in [1.165, 1.54) is 6.92 Å². The molecular formula is C19H17N5O2S. The van der Waals surface area contributed by atoms with Gasteiger partial charge in [0.05, 0.1) is 29.7 Å². The van der Waals surface area contributed by atoms with Crippen molar-refractivity contribution in [3.8, 4) is 27.7 Å². The number of aryl methyl sites for hydroxylation is 1. The van der Waals surface area contributed by atoms with Gasteiger partial charge in [-0.15, -0.1) is 11.3 Å². The first-order valence-electron chi connectivity index (χ1n) is 8.25. The summed E-state index contributed by atoms with van der Waals surface area (Å²) in [5.41, 5.74) is 4.00. The first kappa shape index (κ1) is 17.2. The molecule has 0 bridgehead atoms. The molecule has 0 radical (unpaired) electrons. The van der Waals surface area contributed by atoms with Gasteiger partial charge in [-0.1, -0.05) is 0 Å². The lowest BCUT2D eigenvalue weighted by Gasteiger charge is -2.13. The van der Waals surface area contributed by atoms with Gasteiger partial charge in [0.25, 0.3) is 0 Å². The van der Waals surface area contributed by atoms with E-state index in [4.69, 9.17) is 9.72 Å². The van der Waals surface area contributed by atoms with E-state index >= 15 is 0 Å². The summed E-state index contributed by atoms with van der Waals surface area (Å²) in [4.78, 5) is 20.8. The molecular weight excluding hydrogens is 362 g/mol. The molecule has 0 unspecified atom stereocenters. The predicted octanol–water partition coefficient (Wildman–Crippen LogP) is 3.73. The molecule has 4 rings (SSSR count). The van der Waals surface area contributed by atoms with Crippen LogP contribution in [-0.2, 0) is 11.8 Å². The monoisotopic (exact) mass is 379 g/mol. The molecule has 3 heterocycles. The second-order valence-corrected chi connectivity index (χ2v) is 6.88. The van der Waals surface area contributed by atoms with Crippen molar-refractivity contribution in [2.24, 2.45) is 7.05 Å². The van der Waals surface area contributed by atoms with Gasteiger partial charge in [-0.3, -0.25) is 9.48 Å². The van der Waals surface area contributed by atoms with Crippen LogP contribution in [0.1, 0.15) is 6.92 Å². The molecule has 0 aliphatic heterocycles. The molecule has 0 spiro atoms. The first-order chi connectivity index (χ1) is 13.1. The number of fused-ring (bicyclic) bond motifs is 1. The number of pyridine rings is 1. The van der Waals surface area contributed by atoms with E-state index in [1.807, 2.05) is 36.7 Å². The molecule has 0 atom stereocenters. The Kier molecular flexibility index (Phi) is 4.33. The van der Waals surface area contributed by atoms with Gasteiger partial charge >= 0.3 is 0 Å². The van der Waals surface area contributed by atoms with E-state index in [0.29, 0.717) is 11.4 Å². The van der Waals surface area contributed by atoms with E-state index in [1.54, 1.807) is 35.5 Å². The van der Waals surface area contributed by atoms with Crippen LogP contribution in [0.4, 0.5) is 5.69 Å². The summed E-state index contributed by atoms with van der Waals surface area (Å²) in [7, 11) is 3.45. The Balaban J connectivity index is 2.02. The summed E-state index contributed by atoms with van der Waals surface area (Å²) >= 11 is 1.55. The topological polar surface area (TPSA) is 81.9 Å². The molecule has 7 nitrogen and oxygen atoms in total. The van der Waals surface area contributed by atoms with Gasteiger partial charge < -0.3 is 10.1 Å². The second kappa shape index (κ2) is 6.81. The number of carbonyl (C=O) groups is 1. The van der Waals surface area contributed by atoms with Crippen molar-refractivity contribution < 1.29 is 9.53 Å². The average Bonchev–Trinajstić information content (AvgIpc) is 3.31. The van der Waals surface area contributed by atoms with Crippen LogP contribution in [0.3, 0.4) is 0 Å². The lowest BCUT2D eigenvalue weighted by atomic mass is 10.1. The van der Waals surface area contributed by atoms with E-state index in [9.17, 15) is 4.79 Å². The zero-order valence-corrected chi connectivity index (χ0v) is 15.9. The maximum atomic E-state index is 11.6. The Labute approximate surface area is 159 Å². The van der Waals surface area contributed by atoms with Crippen LogP contribution >= 0.6 is 11.3 Å². The Morgan fingerprint density at radius 1 is 1.26 bits per heavy atom. The lowest BCUT2D eigenvalue weighted by molar-refractivity contribution is -0.114. The standard InChI is InChI=1S/C19H17N5O2S/c1-11(25)22-16-8-12-13(19-20-6-7-27-19)9-15(17-4-5-21-24(17)2)23-14(12)10-18(16)26-3/h4-10H,1-3H3,(H,22,25). The maximum absolute atomic E-state index is 11.6. The number of aromatic nitrogens is 4. The fraction of sp³-hybridized carbons (Fsp3) is 0.158. The van der Waals surface area contributed by atoms with Crippen LogP contribution in [0.5, 0.6) is 5.75 Å². The number of nitrogens with one attached hydrogen (secondary N) is 1. The smallest absolute Gasteiger partial charge is 0.221 e. The molecule has 4 aromatic rings. The molecule has 0 fully saturated rings. The third kappa shape index (κ3) is 3.15. The summed E-state index contributed by atoms with van der Waals surface area (Å²) in [5.74, 6) is 0.389. The minimum atomic E-state index is -0.164. The summed E-state index contributed by atoms with van der Waals surface area (Å²) in [6.07, 6.45) is 3.51. The molecule has 1 aromatic carbocycles. The average molecular weight is 379 g/mol. The zero-order chi connectivity index (χ0) is 19.0. The third-order valence-electron chi connectivity index (χ3n) is 4.19. The van der Waals surface area contributed by atoms with Crippen LogP contribution in [0.15, 0.2) is 42.0 Å². The number of methoxy groups -OCH3 is 1. The van der Waals surface area contributed by atoms with Crippen LogP contribution in [0.25, 0.3) is 32.9 Å². The number of amides is 1. The van der Waals surface area contributed by atoms with Crippen LogP contribution in [0, 0.1) is 0 Å². The molecule has 3 aromatic heterocycles. The highest BCUT2D eigenvalue weighted by Crippen LogP contribution is 2.37. The first-order valence-corrected chi connectivity index (χ1v) is 9.13. The van der Waals surface area contributed by atoms with E-state index in [-0.39, 0.29) is 5.91 Å². The van der Waals surface area contributed by atoms with Gasteiger partial charge in [-0.2, -0.15) is 5.10 Å². The van der Waals surface area contributed by atoms with E-state index in [2.05, 4.69) is 15.4 Å². The van der Waals surface area contributed by atoms with Gasteiger partial charge in [0.15, 0.2) is 0 Å². The number of hydrogen-bond acceptors (Lipinski definition) is 6. The summed E-state index contributed by atoms with van der Waals surface area (Å²) in [6.45, 7) is 1.47. The van der Waals surface area contributed by atoms with E-state index in [0.717, 1.165) is 32.9 Å². The van der Waals surface area contributed by atoms with Gasteiger partial charge in [0.2, 0.25) is 5.91 Å². The van der Waals surface area contributed by atoms with Gasteiger partial charge in [0, 0.05) is 48.8 Å². The molecule has 8 heteroatoms. The Hall–Kier alpha value is -3.26. The summed E-state index contributed by atoms with van der Waals surface area (Å²) in [6, 6.07) is 7.63. The van der Waals surface area contributed by atoms with Gasteiger partial charge in [-0.25, -0.2) is 9.97 Å². The third-order valence-corrected chi connectivity index (χ3v) is 4.99. The quantitative estimate of drug-likeness (QED) is 0.584. The number of thiazole rings is 1. The summed E-state index contributed by atoms with van der Waals surface area (Å²) < 4.78 is 7.23. The van der Waals surface area contributed by atoms with Crippen molar-refractivity contribution in [3.63, 3.8) is 0 Å². The van der Waals surface area contributed by atoms with Gasteiger partial charge in [0.1, 0.15) is 10.8 Å². The fourth-order valence-electron chi connectivity index (χ4n) is 3.00. The zero-order valence-electron chi connectivity index (χ0n) is 15.1. The normalized spacial score (nSPS) is 10.9. The van der Waals surface area contributed by atoms with Gasteiger partial charge in [-0.05, 0) is 18.2 Å². The highest BCUT2D eigenvalue weighted by atomic mass is 32.1. The minimum absolute atomic E-state index is 0.164. The highest BCUT2D eigenvalue weighted by molar-refractivity contribution is 7.13. The van der Waals surface area contributed by atoms with Crippen molar-refractivity contribution in [1.82, 2.24) is 19.7 Å². The van der Waals surface area contributed by atoms with Crippen molar-refractivity contribution >= 4 is 33.8 Å². The molecule has 0 aliphatic rings. The van der Waals surface area contributed by atoms with Crippen molar-refractivity contribution in [1.29, 1.82) is 0 Å². The van der Waals surface area contributed by atoms with E-state index < -0.39 is 0 Å². The SMILES string of the molecule is COc1cc2nc(-c3ccnn3C)cc(-c3nccs3)c2cc1NC(C)=O. The molecule has 1 N–H and O–H groups in total. The molecule has 1 amide bonds. The molecule has 0 aliphatic carbocycles. The summed E-state index contributed by atoms with van der Waals surface area (Å²) in [5, 5.41) is 10.8. The number of benzene rings is 1. The van der Waals surface area contributed by atoms with Crippen molar-refractivity contribution in [2.45, 2.75) is 6.92 Å². The molecule has 0 saturated carbocycles. The Bertz CT molecular complexity index is 1130. The van der Waals surface area contributed by atoms with Crippen LogP contribution in [0.2, 0.25) is 0 Å². The van der Waals surface area contributed by atoms with Crippen LogP contribution in [-0.4, -0.2) is 32.8 Å². The number of hydrogen-bond donors (Lipinski definition) is 1.